The summed E-state index contributed by atoms with van der Waals surface area (Å²) in [7, 11) is 0. The Morgan fingerprint density at radius 3 is 2.62 bits per heavy atom. The van der Waals surface area contributed by atoms with Crippen molar-refractivity contribution in [2.24, 2.45) is 0 Å². The number of benzene rings is 1. The molecule has 6 heteroatoms. The summed E-state index contributed by atoms with van der Waals surface area (Å²) in [5.41, 5.74) is 0.317. The highest BCUT2D eigenvalue weighted by Crippen LogP contribution is 2.07. The average Bonchev–Trinajstić information content (AvgIpc) is 2.65. The largest absolute Gasteiger partial charge is 0.328 e. The molecule has 0 bridgehead atoms. The van der Waals surface area contributed by atoms with Gasteiger partial charge in [0.1, 0.15) is 5.82 Å². The third kappa shape index (κ3) is 2.22. The summed E-state index contributed by atoms with van der Waals surface area (Å²) in [5, 5.41) is 5.91. The maximum Gasteiger partial charge on any atom is 0.328 e. The number of aromatic nitrogens is 2. The van der Waals surface area contributed by atoms with Crippen LogP contribution in [0.25, 0.3) is 0 Å². The van der Waals surface area contributed by atoms with Crippen molar-refractivity contribution in [1.82, 2.24) is 10.1 Å². The first kappa shape index (κ1) is 10.3. The van der Waals surface area contributed by atoms with E-state index >= 15 is 0 Å². The number of halogens is 1. The van der Waals surface area contributed by atoms with Crippen LogP contribution < -0.4 is 5.32 Å². The molecule has 2 aromatic rings. The van der Waals surface area contributed by atoms with Crippen LogP contribution in [0.4, 0.5) is 10.4 Å². The van der Waals surface area contributed by atoms with Gasteiger partial charge in [0.05, 0.1) is 0 Å². The molecule has 0 spiro atoms. The van der Waals surface area contributed by atoms with Crippen molar-refractivity contribution in [3.05, 3.63) is 41.5 Å². The van der Waals surface area contributed by atoms with E-state index in [0.717, 1.165) is 0 Å². The van der Waals surface area contributed by atoms with E-state index in [0.29, 0.717) is 11.4 Å². The maximum atomic E-state index is 12.6. The van der Waals surface area contributed by atoms with Crippen LogP contribution in [0.15, 0.2) is 28.8 Å². The fraction of sp³-hybridized carbons (Fsp3) is 0.100. The van der Waals surface area contributed by atoms with E-state index in [1.807, 2.05) is 0 Å². The molecule has 0 aliphatic rings. The van der Waals surface area contributed by atoms with Gasteiger partial charge in [0.25, 0.3) is 5.91 Å². The lowest BCUT2D eigenvalue weighted by Gasteiger charge is -1.99. The minimum Gasteiger partial charge on any atom is -0.315 e. The molecular formula is C10H8FN3O2. The SMILES string of the molecule is Cc1noc(NC(=O)c2ccc(F)cc2)n1. The van der Waals surface area contributed by atoms with E-state index in [9.17, 15) is 9.18 Å². The fourth-order valence-electron chi connectivity index (χ4n) is 1.12. The predicted molar refractivity (Wildman–Crippen MR) is 53.4 cm³/mol. The Morgan fingerprint density at radius 1 is 1.38 bits per heavy atom. The Labute approximate surface area is 90.3 Å². The first-order chi connectivity index (χ1) is 7.65. The zero-order valence-electron chi connectivity index (χ0n) is 8.40. The van der Waals surface area contributed by atoms with Crippen molar-refractivity contribution in [2.75, 3.05) is 5.32 Å². The third-order valence-electron chi connectivity index (χ3n) is 1.85. The Bertz CT molecular complexity index is 507. The van der Waals surface area contributed by atoms with Gasteiger partial charge >= 0.3 is 6.01 Å². The van der Waals surface area contributed by atoms with Crippen LogP contribution in [-0.4, -0.2) is 16.0 Å². The van der Waals surface area contributed by atoms with Gasteiger partial charge in [0.15, 0.2) is 5.82 Å². The van der Waals surface area contributed by atoms with Crippen LogP contribution in [0.2, 0.25) is 0 Å². The molecule has 1 amide bonds. The molecule has 5 nitrogen and oxygen atoms in total. The Hall–Kier alpha value is -2.24. The van der Waals surface area contributed by atoms with Crippen LogP contribution in [0.1, 0.15) is 16.2 Å². The first-order valence-electron chi connectivity index (χ1n) is 4.52. The summed E-state index contributed by atoms with van der Waals surface area (Å²) in [6.07, 6.45) is 0. The number of nitrogens with one attached hydrogen (secondary N) is 1. The average molecular weight is 221 g/mol. The summed E-state index contributed by atoms with van der Waals surface area (Å²) < 4.78 is 17.3. The molecule has 0 aliphatic carbocycles. The number of carbonyl (C=O) groups is 1. The first-order valence-corrected chi connectivity index (χ1v) is 4.52. The van der Waals surface area contributed by atoms with Gasteiger partial charge in [-0.15, -0.1) is 0 Å². The van der Waals surface area contributed by atoms with Gasteiger partial charge in [0, 0.05) is 5.56 Å². The molecule has 0 fully saturated rings. The molecule has 0 saturated carbocycles. The van der Waals surface area contributed by atoms with Gasteiger partial charge in [-0.25, -0.2) is 4.39 Å². The number of hydrogen-bond donors (Lipinski definition) is 1. The molecule has 2 rings (SSSR count). The van der Waals surface area contributed by atoms with Gasteiger partial charge in [-0.3, -0.25) is 10.1 Å². The highest BCUT2D eigenvalue weighted by atomic mass is 19.1. The number of carbonyl (C=O) groups excluding carboxylic acids is 1. The Morgan fingerprint density at radius 2 is 2.06 bits per heavy atom. The van der Waals surface area contributed by atoms with E-state index in [1.165, 1.54) is 24.3 Å². The van der Waals surface area contributed by atoms with Crippen molar-refractivity contribution in [3.8, 4) is 0 Å². The van der Waals surface area contributed by atoms with E-state index < -0.39 is 11.7 Å². The molecule has 16 heavy (non-hydrogen) atoms. The fourth-order valence-corrected chi connectivity index (χ4v) is 1.12. The van der Waals surface area contributed by atoms with E-state index in [-0.39, 0.29) is 6.01 Å². The quantitative estimate of drug-likeness (QED) is 0.839. The van der Waals surface area contributed by atoms with E-state index in [4.69, 9.17) is 4.52 Å². The van der Waals surface area contributed by atoms with Gasteiger partial charge in [-0.2, -0.15) is 4.98 Å². The van der Waals surface area contributed by atoms with E-state index in [1.54, 1.807) is 6.92 Å². The third-order valence-corrected chi connectivity index (χ3v) is 1.85. The van der Waals surface area contributed by atoms with Gasteiger partial charge in [-0.05, 0) is 31.2 Å². The Balaban J connectivity index is 2.11. The van der Waals surface area contributed by atoms with Gasteiger partial charge in [-0.1, -0.05) is 5.16 Å². The second-order valence-electron chi connectivity index (χ2n) is 3.11. The minimum absolute atomic E-state index is 0.0202. The van der Waals surface area contributed by atoms with Crippen molar-refractivity contribution in [3.63, 3.8) is 0 Å². The predicted octanol–water partition coefficient (Wildman–Crippen LogP) is 1.77. The summed E-state index contributed by atoms with van der Waals surface area (Å²) in [5.74, 6) is -0.400. The van der Waals surface area contributed by atoms with Gasteiger partial charge < -0.3 is 4.52 Å². The number of amides is 1. The normalized spacial score (nSPS) is 10.1. The number of rotatable bonds is 2. The summed E-state index contributed by atoms with van der Waals surface area (Å²) in [4.78, 5) is 15.4. The minimum atomic E-state index is -0.427. The maximum absolute atomic E-state index is 12.6. The zero-order chi connectivity index (χ0) is 11.5. The summed E-state index contributed by atoms with van der Waals surface area (Å²) in [6, 6.07) is 5.16. The molecule has 82 valence electrons. The molecule has 0 saturated heterocycles. The smallest absolute Gasteiger partial charge is 0.315 e. The molecule has 1 aromatic carbocycles. The van der Waals surface area contributed by atoms with Crippen LogP contribution >= 0.6 is 0 Å². The second kappa shape index (κ2) is 4.09. The molecule has 0 atom stereocenters. The Kier molecular flexibility index (Phi) is 2.63. The van der Waals surface area contributed by atoms with Crippen LogP contribution in [-0.2, 0) is 0 Å². The zero-order valence-corrected chi connectivity index (χ0v) is 8.40. The highest BCUT2D eigenvalue weighted by molar-refractivity contribution is 6.03. The molecule has 1 N–H and O–H groups in total. The molecule has 1 aromatic heterocycles. The van der Waals surface area contributed by atoms with Crippen molar-refractivity contribution >= 4 is 11.9 Å². The number of aryl methyl sites for hydroxylation is 1. The highest BCUT2D eigenvalue weighted by Gasteiger charge is 2.09. The number of nitrogens with zero attached hydrogens (tertiary/aromatic N) is 2. The van der Waals surface area contributed by atoms with Crippen molar-refractivity contribution in [2.45, 2.75) is 6.92 Å². The monoisotopic (exact) mass is 221 g/mol. The van der Waals surface area contributed by atoms with Crippen molar-refractivity contribution in [1.29, 1.82) is 0 Å². The summed E-state index contributed by atoms with van der Waals surface area (Å²) in [6.45, 7) is 1.64. The second-order valence-corrected chi connectivity index (χ2v) is 3.11. The lowest BCUT2D eigenvalue weighted by molar-refractivity contribution is 0.102. The van der Waals surface area contributed by atoms with Crippen molar-refractivity contribution < 1.29 is 13.7 Å². The molecule has 1 heterocycles. The molecule has 0 unspecified atom stereocenters. The molecular weight excluding hydrogens is 213 g/mol. The standard InChI is InChI=1S/C10H8FN3O2/c1-6-12-10(16-14-6)13-9(15)7-2-4-8(11)5-3-7/h2-5H,1H3,(H,12,13,14,15). The lowest BCUT2D eigenvalue weighted by Crippen LogP contribution is -2.12. The lowest BCUT2D eigenvalue weighted by atomic mass is 10.2. The number of hydrogen-bond acceptors (Lipinski definition) is 4. The molecule has 0 aliphatic heterocycles. The molecule has 0 radical (unpaired) electrons. The van der Waals surface area contributed by atoms with Crippen LogP contribution in [0.5, 0.6) is 0 Å². The number of anilines is 1. The van der Waals surface area contributed by atoms with E-state index in [2.05, 4.69) is 15.5 Å². The summed E-state index contributed by atoms with van der Waals surface area (Å²) >= 11 is 0. The van der Waals surface area contributed by atoms with Crippen LogP contribution in [0, 0.1) is 12.7 Å². The van der Waals surface area contributed by atoms with Crippen LogP contribution in [0.3, 0.4) is 0 Å². The topological polar surface area (TPSA) is 68.0 Å². The van der Waals surface area contributed by atoms with Gasteiger partial charge in [0.2, 0.25) is 0 Å².